The monoisotopic (exact) mass is 319 g/mol. The molecule has 8 heteroatoms. The van der Waals surface area contributed by atoms with Crippen LogP contribution in [0.2, 0.25) is 0 Å². The zero-order chi connectivity index (χ0) is 15.3. The van der Waals surface area contributed by atoms with Gasteiger partial charge in [0.2, 0.25) is 15.0 Å². The van der Waals surface area contributed by atoms with Gasteiger partial charge in [0.1, 0.15) is 11.1 Å². The minimum Gasteiger partial charge on any atom is -0.296 e. The van der Waals surface area contributed by atoms with E-state index in [0.717, 1.165) is 5.69 Å². The molecule has 1 atom stereocenters. The highest BCUT2D eigenvalue weighted by molar-refractivity contribution is 8.14. The van der Waals surface area contributed by atoms with E-state index in [4.69, 9.17) is 10.7 Å². The van der Waals surface area contributed by atoms with Gasteiger partial charge >= 0.3 is 0 Å². The molecule has 0 N–H and O–H groups in total. The van der Waals surface area contributed by atoms with E-state index < -0.39 is 14.3 Å². The second-order valence-electron chi connectivity index (χ2n) is 6.07. The lowest BCUT2D eigenvalue weighted by Gasteiger charge is -2.15. The third kappa shape index (κ3) is 2.83. The first-order valence-corrected chi connectivity index (χ1v) is 8.66. The van der Waals surface area contributed by atoms with Crippen molar-refractivity contribution in [3.8, 4) is 0 Å². The molecule has 1 aliphatic heterocycles. The smallest absolute Gasteiger partial charge is 0.237 e. The van der Waals surface area contributed by atoms with Gasteiger partial charge in [-0.3, -0.25) is 14.4 Å². The van der Waals surface area contributed by atoms with Crippen molar-refractivity contribution in [2.75, 3.05) is 11.4 Å². The van der Waals surface area contributed by atoms with E-state index in [2.05, 4.69) is 5.10 Å². The van der Waals surface area contributed by atoms with E-state index in [0.29, 0.717) is 5.82 Å². The summed E-state index contributed by atoms with van der Waals surface area (Å²) in [5, 5.41) is 3.53. The Labute approximate surface area is 123 Å². The Morgan fingerprint density at radius 2 is 2.00 bits per heavy atom. The molecule has 1 aromatic rings. The molecule has 1 aliphatic rings. The summed E-state index contributed by atoms with van der Waals surface area (Å²) >= 11 is 0. The van der Waals surface area contributed by atoms with Crippen molar-refractivity contribution in [2.24, 2.45) is 7.05 Å². The topological polar surface area (TPSA) is 72.3 Å². The fraction of sp³-hybridized carbons (Fsp3) is 0.667. The fourth-order valence-corrected chi connectivity index (χ4v) is 3.19. The van der Waals surface area contributed by atoms with Crippen LogP contribution in [0, 0.1) is 0 Å². The van der Waals surface area contributed by atoms with E-state index >= 15 is 0 Å². The van der Waals surface area contributed by atoms with Gasteiger partial charge in [0.15, 0.2) is 0 Å². The van der Waals surface area contributed by atoms with Crippen LogP contribution in [-0.2, 0) is 26.3 Å². The molecule has 2 heterocycles. The van der Waals surface area contributed by atoms with Crippen LogP contribution in [0.5, 0.6) is 0 Å². The summed E-state index contributed by atoms with van der Waals surface area (Å²) in [6.45, 7) is 6.15. The Bertz CT molecular complexity index is 645. The van der Waals surface area contributed by atoms with Gasteiger partial charge in [-0.05, 0) is 0 Å². The van der Waals surface area contributed by atoms with Gasteiger partial charge in [-0.2, -0.15) is 5.10 Å². The van der Waals surface area contributed by atoms with Crippen molar-refractivity contribution in [3.63, 3.8) is 0 Å². The quantitative estimate of drug-likeness (QED) is 0.772. The molecule has 0 bridgehead atoms. The minimum absolute atomic E-state index is 0.0772. The zero-order valence-corrected chi connectivity index (χ0v) is 13.5. The van der Waals surface area contributed by atoms with Crippen LogP contribution in [0.1, 0.15) is 32.9 Å². The Morgan fingerprint density at radius 1 is 1.40 bits per heavy atom. The number of halogens is 1. The second-order valence-corrected chi connectivity index (χ2v) is 8.98. The SMILES string of the molecule is Cn1nc(C(C)(C)C)cc1N1CC(S(=O)(=O)Cl)CC1=O. The molecule has 6 nitrogen and oxygen atoms in total. The molecule has 1 fully saturated rings. The van der Waals surface area contributed by atoms with Gasteiger partial charge in [0.05, 0.1) is 5.69 Å². The molecular formula is C12H18ClN3O3S. The molecule has 1 saturated heterocycles. The summed E-state index contributed by atoms with van der Waals surface area (Å²) in [6.07, 6.45) is -0.0815. The number of amides is 1. The van der Waals surface area contributed by atoms with Crippen molar-refractivity contribution < 1.29 is 13.2 Å². The molecule has 0 spiro atoms. The van der Waals surface area contributed by atoms with Gasteiger partial charge in [-0.25, -0.2) is 8.42 Å². The van der Waals surface area contributed by atoms with Crippen LogP contribution in [0.15, 0.2) is 6.07 Å². The van der Waals surface area contributed by atoms with Gasteiger partial charge in [-0.15, -0.1) is 0 Å². The van der Waals surface area contributed by atoms with Crippen molar-refractivity contribution in [2.45, 2.75) is 37.9 Å². The Morgan fingerprint density at radius 3 is 2.40 bits per heavy atom. The highest BCUT2D eigenvalue weighted by Gasteiger charge is 2.39. The number of carbonyl (C=O) groups excluding carboxylic acids is 1. The maximum atomic E-state index is 12.0. The van der Waals surface area contributed by atoms with Crippen LogP contribution in [0.3, 0.4) is 0 Å². The summed E-state index contributed by atoms with van der Waals surface area (Å²) in [4.78, 5) is 13.4. The first kappa shape index (κ1) is 15.3. The lowest BCUT2D eigenvalue weighted by molar-refractivity contribution is -0.117. The molecule has 0 radical (unpaired) electrons. The van der Waals surface area contributed by atoms with E-state index in [-0.39, 0.29) is 24.3 Å². The van der Waals surface area contributed by atoms with Crippen molar-refractivity contribution >= 4 is 31.5 Å². The Hall–Kier alpha value is -1.08. The summed E-state index contributed by atoms with van der Waals surface area (Å²) in [5.74, 6) is 0.352. The zero-order valence-electron chi connectivity index (χ0n) is 11.9. The molecule has 0 aromatic carbocycles. The normalized spacial score (nSPS) is 20.8. The maximum absolute atomic E-state index is 12.0. The molecule has 1 aromatic heterocycles. The van der Waals surface area contributed by atoms with Crippen LogP contribution in [0.25, 0.3) is 0 Å². The predicted molar refractivity (Wildman–Crippen MR) is 77.4 cm³/mol. The van der Waals surface area contributed by atoms with Crippen molar-refractivity contribution in [3.05, 3.63) is 11.8 Å². The third-order valence-corrected chi connectivity index (χ3v) is 5.26. The molecular weight excluding hydrogens is 302 g/mol. The third-order valence-electron chi connectivity index (χ3n) is 3.39. The van der Waals surface area contributed by atoms with Gasteiger partial charge in [0, 0.05) is 42.2 Å². The highest BCUT2D eigenvalue weighted by atomic mass is 35.7. The van der Waals surface area contributed by atoms with Crippen LogP contribution < -0.4 is 4.90 Å². The minimum atomic E-state index is -3.73. The number of hydrogen-bond acceptors (Lipinski definition) is 4. The van der Waals surface area contributed by atoms with Gasteiger partial charge in [0.25, 0.3) is 0 Å². The first-order valence-electron chi connectivity index (χ1n) is 6.28. The number of hydrogen-bond donors (Lipinski definition) is 0. The lowest BCUT2D eigenvalue weighted by atomic mass is 9.92. The molecule has 20 heavy (non-hydrogen) atoms. The van der Waals surface area contributed by atoms with Crippen LogP contribution >= 0.6 is 10.7 Å². The van der Waals surface area contributed by atoms with Crippen molar-refractivity contribution in [1.82, 2.24) is 9.78 Å². The number of carbonyl (C=O) groups is 1. The fourth-order valence-electron chi connectivity index (χ4n) is 2.16. The molecule has 112 valence electrons. The molecule has 1 unspecified atom stereocenters. The largest absolute Gasteiger partial charge is 0.296 e. The summed E-state index contributed by atoms with van der Waals surface area (Å²) in [6, 6.07) is 1.82. The van der Waals surface area contributed by atoms with E-state index in [1.165, 1.54) is 4.90 Å². The van der Waals surface area contributed by atoms with Crippen LogP contribution in [-0.4, -0.2) is 35.9 Å². The number of rotatable bonds is 2. The average molecular weight is 320 g/mol. The van der Waals surface area contributed by atoms with Crippen molar-refractivity contribution in [1.29, 1.82) is 0 Å². The molecule has 1 amide bonds. The number of nitrogens with zero attached hydrogens (tertiary/aromatic N) is 3. The van der Waals surface area contributed by atoms with E-state index in [9.17, 15) is 13.2 Å². The van der Waals surface area contributed by atoms with Crippen LogP contribution in [0.4, 0.5) is 5.82 Å². The first-order chi connectivity index (χ1) is 9.00. The summed E-state index contributed by atoms with van der Waals surface area (Å²) in [7, 11) is 3.35. The summed E-state index contributed by atoms with van der Waals surface area (Å²) < 4.78 is 24.3. The highest BCUT2D eigenvalue weighted by Crippen LogP contribution is 2.30. The van der Waals surface area contributed by atoms with E-state index in [1.54, 1.807) is 11.7 Å². The Balaban J connectivity index is 2.34. The Kier molecular flexibility index (Phi) is 3.62. The molecule has 0 aliphatic carbocycles. The molecule has 0 saturated carbocycles. The number of aromatic nitrogens is 2. The lowest BCUT2D eigenvalue weighted by Crippen LogP contribution is -2.28. The number of aryl methyl sites for hydroxylation is 1. The molecule has 2 rings (SSSR count). The average Bonchev–Trinajstić information content (AvgIpc) is 2.80. The predicted octanol–water partition coefficient (Wildman–Crippen LogP) is 1.39. The maximum Gasteiger partial charge on any atom is 0.237 e. The second kappa shape index (κ2) is 4.73. The van der Waals surface area contributed by atoms with E-state index in [1.807, 2.05) is 26.8 Å². The standard InChI is InChI=1S/C12H18ClN3O3S/c1-12(2,3)9-6-10(15(4)14-9)16-7-8(5-11(16)17)20(13,18)19/h6,8H,5,7H2,1-4H3. The summed E-state index contributed by atoms with van der Waals surface area (Å²) in [5.41, 5.74) is 0.705. The number of anilines is 1. The van der Waals surface area contributed by atoms with Gasteiger partial charge in [-0.1, -0.05) is 20.8 Å². The van der Waals surface area contributed by atoms with Gasteiger partial charge < -0.3 is 0 Å².